The van der Waals surface area contributed by atoms with Crippen LogP contribution >= 0.6 is 12.2 Å². The van der Waals surface area contributed by atoms with Crippen molar-refractivity contribution in [2.75, 3.05) is 5.32 Å². The van der Waals surface area contributed by atoms with Crippen LogP contribution in [0, 0.1) is 12.7 Å². The molecule has 1 aromatic carbocycles. The summed E-state index contributed by atoms with van der Waals surface area (Å²) in [5, 5.41) is 12.6. The highest BCUT2D eigenvalue weighted by atomic mass is 32.1. The maximum absolute atomic E-state index is 14.2. The Labute approximate surface area is 143 Å². The van der Waals surface area contributed by atoms with E-state index in [2.05, 4.69) is 21.1 Å². The van der Waals surface area contributed by atoms with E-state index in [9.17, 15) is 9.18 Å². The molecule has 1 aliphatic rings. The number of halogens is 1. The molecule has 3 rings (SSSR count). The highest BCUT2D eigenvalue weighted by Gasteiger charge is 2.31. The van der Waals surface area contributed by atoms with Crippen LogP contribution in [0.2, 0.25) is 0 Å². The molecule has 0 bridgehead atoms. The van der Waals surface area contributed by atoms with E-state index >= 15 is 0 Å². The molecule has 6 nitrogen and oxygen atoms in total. The summed E-state index contributed by atoms with van der Waals surface area (Å²) < 4.78 is 19.1. The van der Waals surface area contributed by atoms with Gasteiger partial charge in [-0.15, -0.1) is 0 Å². The molecule has 1 aliphatic heterocycles. The lowest BCUT2D eigenvalue weighted by Crippen LogP contribution is -2.46. The summed E-state index contributed by atoms with van der Waals surface area (Å²) in [4.78, 5) is 12.7. The Morgan fingerprint density at radius 2 is 2.12 bits per heavy atom. The highest BCUT2D eigenvalue weighted by molar-refractivity contribution is 7.80. The van der Waals surface area contributed by atoms with Gasteiger partial charge in [-0.3, -0.25) is 4.79 Å². The average Bonchev–Trinajstić information content (AvgIpc) is 2.91. The molecule has 24 heavy (non-hydrogen) atoms. The second-order valence-electron chi connectivity index (χ2n) is 5.37. The van der Waals surface area contributed by atoms with Gasteiger partial charge in [0.2, 0.25) is 0 Å². The van der Waals surface area contributed by atoms with E-state index in [4.69, 9.17) is 16.7 Å². The van der Waals surface area contributed by atoms with Crippen LogP contribution in [0.4, 0.5) is 10.2 Å². The van der Waals surface area contributed by atoms with Crippen molar-refractivity contribution < 1.29 is 13.7 Å². The van der Waals surface area contributed by atoms with Crippen LogP contribution in [-0.4, -0.2) is 16.2 Å². The molecule has 1 amide bonds. The van der Waals surface area contributed by atoms with Gasteiger partial charge in [0.1, 0.15) is 11.6 Å². The predicted molar refractivity (Wildman–Crippen MR) is 90.6 cm³/mol. The van der Waals surface area contributed by atoms with Crippen molar-refractivity contribution in [3.8, 4) is 0 Å². The molecule has 0 spiro atoms. The van der Waals surface area contributed by atoms with Crippen LogP contribution in [0.1, 0.15) is 24.3 Å². The molecule has 0 aliphatic carbocycles. The molecule has 2 heterocycles. The lowest BCUT2D eigenvalue weighted by atomic mass is 9.94. The van der Waals surface area contributed by atoms with E-state index in [0.29, 0.717) is 33.5 Å². The van der Waals surface area contributed by atoms with Crippen molar-refractivity contribution in [2.45, 2.75) is 19.9 Å². The van der Waals surface area contributed by atoms with Crippen LogP contribution in [-0.2, 0) is 4.79 Å². The third-order valence-corrected chi connectivity index (χ3v) is 3.82. The van der Waals surface area contributed by atoms with Crippen LogP contribution < -0.4 is 16.0 Å². The normalized spacial score (nSPS) is 17.3. The Hall–Kier alpha value is -2.74. The van der Waals surface area contributed by atoms with Crippen molar-refractivity contribution in [3.05, 3.63) is 58.7 Å². The molecular formula is C16H15FN4O2S. The molecule has 0 radical (unpaired) electrons. The highest BCUT2D eigenvalue weighted by Crippen LogP contribution is 2.29. The maximum Gasteiger partial charge on any atom is 0.257 e. The second-order valence-corrected chi connectivity index (χ2v) is 5.78. The number of nitrogens with zero attached hydrogens (tertiary/aromatic N) is 1. The number of nitrogens with one attached hydrogen (secondary N) is 3. The first-order chi connectivity index (χ1) is 11.5. The van der Waals surface area contributed by atoms with E-state index in [1.165, 1.54) is 6.07 Å². The molecule has 2 aromatic rings. The fourth-order valence-corrected chi connectivity index (χ4v) is 2.82. The zero-order chi connectivity index (χ0) is 17.3. The standard InChI is InChI=1S/C16H15FN4O2S/c1-8-7-12(21-23-8)19-15(22)13-9(2)18-16(24)20-14(13)10-5-3-4-6-11(10)17/h3-7,14H,1-2H3,(H2,18,20,24)(H,19,21,22). The second kappa shape index (κ2) is 6.40. The molecular weight excluding hydrogens is 331 g/mol. The van der Waals surface area contributed by atoms with Gasteiger partial charge in [0, 0.05) is 17.3 Å². The third-order valence-electron chi connectivity index (χ3n) is 3.60. The first-order valence-electron chi connectivity index (χ1n) is 7.23. The Morgan fingerprint density at radius 1 is 1.38 bits per heavy atom. The minimum Gasteiger partial charge on any atom is -0.360 e. The van der Waals surface area contributed by atoms with Crippen LogP contribution in [0.5, 0.6) is 0 Å². The molecule has 1 aromatic heterocycles. The van der Waals surface area contributed by atoms with Crippen LogP contribution in [0.25, 0.3) is 0 Å². The third kappa shape index (κ3) is 3.13. The van der Waals surface area contributed by atoms with Gasteiger partial charge in [0.25, 0.3) is 5.91 Å². The Balaban J connectivity index is 1.97. The topological polar surface area (TPSA) is 79.2 Å². The van der Waals surface area contributed by atoms with Gasteiger partial charge in [-0.2, -0.15) is 0 Å². The van der Waals surface area contributed by atoms with Crippen molar-refractivity contribution in [1.82, 2.24) is 15.8 Å². The number of carbonyl (C=O) groups excluding carboxylic acids is 1. The van der Waals surface area contributed by atoms with Gasteiger partial charge in [-0.05, 0) is 32.1 Å². The zero-order valence-corrected chi connectivity index (χ0v) is 13.8. The number of amides is 1. The van der Waals surface area contributed by atoms with Gasteiger partial charge in [-0.25, -0.2) is 4.39 Å². The Morgan fingerprint density at radius 3 is 2.79 bits per heavy atom. The average molecular weight is 346 g/mol. The number of rotatable bonds is 3. The summed E-state index contributed by atoms with van der Waals surface area (Å²) >= 11 is 5.14. The van der Waals surface area contributed by atoms with E-state index in [1.54, 1.807) is 38.1 Å². The smallest absolute Gasteiger partial charge is 0.257 e. The molecule has 1 unspecified atom stereocenters. The number of aromatic nitrogens is 1. The fraction of sp³-hybridized carbons (Fsp3) is 0.188. The molecule has 0 fully saturated rings. The minimum absolute atomic E-state index is 0.290. The van der Waals surface area contributed by atoms with Gasteiger partial charge < -0.3 is 20.5 Å². The molecule has 8 heteroatoms. The first kappa shape index (κ1) is 16.1. The number of aryl methyl sites for hydroxylation is 1. The van der Waals surface area contributed by atoms with Gasteiger partial charge in [0.15, 0.2) is 10.9 Å². The van der Waals surface area contributed by atoms with Crippen molar-refractivity contribution >= 4 is 29.1 Å². The zero-order valence-electron chi connectivity index (χ0n) is 13.0. The van der Waals surface area contributed by atoms with E-state index in [-0.39, 0.29) is 0 Å². The van der Waals surface area contributed by atoms with Crippen molar-refractivity contribution in [3.63, 3.8) is 0 Å². The number of allylic oxidation sites excluding steroid dienone is 1. The molecule has 0 saturated carbocycles. The predicted octanol–water partition coefficient (Wildman–Crippen LogP) is 2.55. The number of carbonyl (C=O) groups is 1. The van der Waals surface area contributed by atoms with Crippen molar-refractivity contribution in [1.29, 1.82) is 0 Å². The molecule has 124 valence electrons. The largest absolute Gasteiger partial charge is 0.360 e. The summed E-state index contributed by atoms with van der Waals surface area (Å²) in [6.45, 7) is 3.43. The summed E-state index contributed by atoms with van der Waals surface area (Å²) in [5.74, 6) is 0.0209. The lowest BCUT2D eigenvalue weighted by Gasteiger charge is -2.30. The quantitative estimate of drug-likeness (QED) is 0.742. The van der Waals surface area contributed by atoms with E-state index < -0.39 is 17.8 Å². The molecule has 1 atom stereocenters. The Bertz CT molecular complexity index is 846. The number of hydrogen-bond donors (Lipinski definition) is 3. The summed E-state index contributed by atoms with van der Waals surface area (Å²) in [6, 6.07) is 7.15. The minimum atomic E-state index is -0.701. The number of thiocarbonyl (C=S) groups is 1. The number of benzene rings is 1. The maximum atomic E-state index is 14.2. The van der Waals surface area contributed by atoms with Crippen LogP contribution in [0.15, 0.2) is 46.1 Å². The van der Waals surface area contributed by atoms with Crippen molar-refractivity contribution in [2.24, 2.45) is 0 Å². The van der Waals surface area contributed by atoms with Crippen LogP contribution in [0.3, 0.4) is 0 Å². The summed E-state index contributed by atoms with van der Waals surface area (Å²) in [7, 11) is 0. The lowest BCUT2D eigenvalue weighted by molar-refractivity contribution is -0.113. The molecule has 3 N–H and O–H groups in total. The number of hydrogen-bond acceptors (Lipinski definition) is 4. The fourth-order valence-electron chi connectivity index (χ4n) is 2.55. The van der Waals surface area contributed by atoms with Gasteiger partial charge in [0.05, 0.1) is 11.6 Å². The monoisotopic (exact) mass is 346 g/mol. The van der Waals surface area contributed by atoms with Gasteiger partial charge in [-0.1, -0.05) is 23.4 Å². The molecule has 0 saturated heterocycles. The summed E-state index contributed by atoms with van der Waals surface area (Å²) in [5.41, 5.74) is 1.21. The van der Waals surface area contributed by atoms with Gasteiger partial charge >= 0.3 is 0 Å². The first-order valence-corrected chi connectivity index (χ1v) is 7.64. The number of anilines is 1. The summed E-state index contributed by atoms with van der Waals surface area (Å²) in [6.07, 6.45) is 0. The SMILES string of the molecule is CC1=C(C(=O)Nc2cc(C)on2)C(c2ccccc2F)NC(=S)N1. The Kier molecular flexibility index (Phi) is 4.30. The van der Waals surface area contributed by atoms with E-state index in [0.717, 1.165) is 0 Å². The van der Waals surface area contributed by atoms with E-state index in [1.807, 2.05) is 0 Å².